The molecule has 11 heteroatoms. The van der Waals surface area contributed by atoms with Gasteiger partial charge in [0, 0.05) is 19.7 Å². The minimum absolute atomic E-state index is 0.0229. The van der Waals surface area contributed by atoms with Crippen LogP contribution in [0.3, 0.4) is 0 Å². The van der Waals surface area contributed by atoms with Gasteiger partial charge in [-0.25, -0.2) is 14.8 Å². The van der Waals surface area contributed by atoms with Crippen molar-refractivity contribution >= 4 is 33.7 Å². The predicted molar refractivity (Wildman–Crippen MR) is 140 cm³/mol. The Morgan fingerprint density at radius 1 is 1.23 bits per heavy atom. The molecule has 0 aliphatic carbocycles. The highest BCUT2D eigenvalue weighted by atomic mass is 79.9. The molecule has 0 unspecified atom stereocenters. The van der Waals surface area contributed by atoms with Crippen LogP contribution >= 0.6 is 15.9 Å². The van der Waals surface area contributed by atoms with Gasteiger partial charge in [-0.15, -0.1) is 0 Å². The van der Waals surface area contributed by atoms with Crippen LogP contribution in [0.25, 0.3) is 0 Å². The Labute approximate surface area is 216 Å². The highest BCUT2D eigenvalue weighted by Crippen LogP contribution is 2.14. The van der Waals surface area contributed by atoms with E-state index < -0.39 is 17.6 Å². The number of nitrogens with one attached hydrogen (secondary N) is 1. The van der Waals surface area contributed by atoms with Crippen LogP contribution in [0.5, 0.6) is 0 Å². The first-order chi connectivity index (χ1) is 16.5. The largest absolute Gasteiger partial charge is 0.491 e. The van der Waals surface area contributed by atoms with Gasteiger partial charge in [0.15, 0.2) is 11.5 Å². The zero-order chi connectivity index (χ0) is 27.0. The number of rotatable bonds is 12. The van der Waals surface area contributed by atoms with Crippen molar-refractivity contribution in [1.82, 2.24) is 20.2 Å². The van der Waals surface area contributed by atoms with Crippen LogP contribution in [0.1, 0.15) is 57.9 Å². The van der Waals surface area contributed by atoms with Crippen molar-refractivity contribution < 1.29 is 24.2 Å². The Hall–Kier alpha value is -2.92. The molecule has 2 amide bonds. The summed E-state index contributed by atoms with van der Waals surface area (Å²) in [6, 6.07) is 0. The summed E-state index contributed by atoms with van der Waals surface area (Å²) >= 11 is 3.15. The zero-order valence-electron chi connectivity index (χ0n) is 21.3. The summed E-state index contributed by atoms with van der Waals surface area (Å²) in [7, 11) is 0. The quantitative estimate of drug-likeness (QED) is 0.198. The number of hydrogen-bond acceptors (Lipinski definition) is 8. The van der Waals surface area contributed by atoms with E-state index in [0.717, 1.165) is 0 Å². The van der Waals surface area contributed by atoms with Gasteiger partial charge in [-0.1, -0.05) is 27.0 Å². The van der Waals surface area contributed by atoms with Gasteiger partial charge in [-0.2, -0.15) is 0 Å². The van der Waals surface area contributed by atoms with E-state index in [0.29, 0.717) is 36.3 Å². The molecular weight excluding hydrogens is 518 g/mol. The van der Waals surface area contributed by atoms with Crippen molar-refractivity contribution in [1.29, 1.82) is 0 Å². The second-order valence-electron chi connectivity index (χ2n) is 7.81. The third-order valence-electron chi connectivity index (χ3n) is 3.96. The van der Waals surface area contributed by atoms with E-state index in [2.05, 4.69) is 44.4 Å². The van der Waals surface area contributed by atoms with Gasteiger partial charge >= 0.3 is 6.09 Å². The molecule has 1 aromatic heterocycles. The van der Waals surface area contributed by atoms with Gasteiger partial charge in [0.25, 0.3) is 5.91 Å². The third kappa shape index (κ3) is 12.4. The first-order valence-corrected chi connectivity index (χ1v) is 12.1. The highest BCUT2D eigenvalue weighted by Gasteiger charge is 2.22. The molecule has 0 saturated carbocycles. The molecule has 10 nitrogen and oxygen atoms in total. The topological polar surface area (TPSA) is 140 Å². The number of aliphatic hydroxyl groups excluding tert-OH is 1. The molecule has 1 rings (SSSR count). The Morgan fingerprint density at radius 2 is 1.86 bits per heavy atom. The van der Waals surface area contributed by atoms with Crippen molar-refractivity contribution in [2.24, 2.45) is 0 Å². The maximum absolute atomic E-state index is 12.6. The molecule has 0 spiro atoms. The number of aromatic nitrogens is 2. The molecule has 35 heavy (non-hydrogen) atoms. The zero-order valence-corrected chi connectivity index (χ0v) is 22.9. The summed E-state index contributed by atoms with van der Waals surface area (Å²) < 4.78 is 11.5. The molecule has 0 atom stereocenters. The van der Waals surface area contributed by atoms with Crippen LogP contribution in [0.4, 0.5) is 10.6 Å². The van der Waals surface area contributed by atoms with Gasteiger partial charge in [-0.05, 0) is 61.7 Å². The summed E-state index contributed by atoms with van der Waals surface area (Å²) in [4.78, 5) is 34.4. The lowest BCUT2D eigenvalue weighted by Gasteiger charge is -2.27. The second kappa shape index (κ2) is 16.7. The van der Waals surface area contributed by atoms with E-state index >= 15 is 0 Å². The lowest BCUT2D eigenvalue weighted by Crippen LogP contribution is -2.38. The fraction of sp³-hybridized carbons (Fsp3) is 0.500. The number of aliphatic hydroxyl groups is 1. The Morgan fingerprint density at radius 3 is 2.40 bits per heavy atom. The van der Waals surface area contributed by atoms with E-state index in [1.807, 2.05) is 13.8 Å². The molecule has 1 heterocycles. The Balaban J connectivity index is 0.00000562. The van der Waals surface area contributed by atoms with E-state index in [1.165, 1.54) is 23.2 Å². The van der Waals surface area contributed by atoms with E-state index in [4.69, 9.17) is 20.3 Å². The maximum Gasteiger partial charge on any atom is 0.410 e. The van der Waals surface area contributed by atoms with Gasteiger partial charge in [0.1, 0.15) is 16.0 Å². The van der Waals surface area contributed by atoms with Crippen LogP contribution in [0.15, 0.2) is 47.6 Å². The number of allylic oxidation sites excluding steroid dienone is 2. The molecule has 1 aromatic rings. The maximum atomic E-state index is 12.6. The van der Waals surface area contributed by atoms with Crippen LogP contribution in [-0.4, -0.2) is 63.9 Å². The van der Waals surface area contributed by atoms with Gasteiger partial charge in [0.05, 0.1) is 18.5 Å². The van der Waals surface area contributed by atoms with E-state index in [9.17, 15) is 9.59 Å². The molecule has 0 aromatic carbocycles. The number of carbonyl (C=O) groups is 2. The normalized spacial score (nSPS) is 11.3. The number of halogens is 1. The van der Waals surface area contributed by atoms with Crippen LogP contribution in [0.2, 0.25) is 0 Å². The monoisotopic (exact) mass is 555 g/mol. The number of nitrogens with zero attached hydrogens (tertiary/aromatic N) is 3. The summed E-state index contributed by atoms with van der Waals surface area (Å²) in [5, 5.41) is 11.7. The first kappa shape index (κ1) is 32.1. The molecule has 0 aliphatic heterocycles. The number of anilines is 1. The fourth-order valence-corrected chi connectivity index (χ4v) is 2.79. The van der Waals surface area contributed by atoms with E-state index in [1.54, 1.807) is 20.8 Å². The van der Waals surface area contributed by atoms with Crippen LogP contribution < -0.4 is 11.1 Å². The highest BCUT2D eigenvalue weighted by molar-refractivity contribution is 9.10. The van der Waals surface area contributed by atoms with Crippen molar-refractivity contribution in [3.63, 3.8) is 0 Å². The molecule has 4 N–H and O–H groups in total. The first-order valence-electron chi connectivity index (χ1n) is 11.3. The van der Waals surface area contributed by atoms with Gasteiger partial charge in [-0.3, -0.25) is 4.79 Å². The summed E-state index contributed by atoms with van der Waals surface area (Å²) in [5.74, 6) is -0.316. The van der Waals surface area contributed by atoms with Crippen molar-refractivity contribution in [3.8, 4) is 0 Å². The Kier molecular flexibility index (Phi) is 15.3. The Bertz CT molecular complexity index is 884. The number of nitrogen functional groups attached to an aromatic ring is 1. The third-order valence-corrected chi connectivity index (χ3v) is 4.34. The number of hydrogen-bond donors (Lipinski definition) is 3. The molecule has 0 fully saturated rings. The minimum Gasteiger partial charge on any atom is -0.491 e. The van der Waals surface area contributed by atoms with Crippen molar-refractivity contribution in [2.75, 3.05) is 32.0 Å². The van der Waals surface area contributed by atoms with Gasteiger partial charge in [0.2, 0.25) is 0 Å². The summed E-state index contributed by atoms with van der Waals surface area (Å²) in [6.45, 7) is 17.7. The number of ether oxygens (including phenoxy) is 2. The van der Waals surface area contributed by atoms with Crippen LogP contribution in [-0.2, 0) is 9.47 Å². The predicted octanol–water partition coefficient (Wildman–Crippen LogP) is 4.19. The van der Waals surface area contributed by atoms with Crippen molar-refractivity contribution in [2.45, 2.75) is 53.1 Å². The van der Waals surface area contributed by atoms with E-state index in [-0.39, 0.29) is 30.4 Å². The average molecular weight is 557 g/mol. The molecular formula is C24H38BrN5O5. The number of amides is 2. The summed E-state index contributed by atoms with van der Waals surface area (Å²) in [5.41, 5.74) is 5.34. The van der Waals surface area contributed by atoms with Crippen molar-refractivity contribution in [3.05, 3.63) is 53.3 Å². The minimum atomic E-state index is -0.622. The SMILES string of the molecule is C=C/C(NC(=O)c1nc(Br)cnc1N)=C(\C=C)OCCCN(CCCO)C(=O)OC(C)(C)C.CC. The molecule has 0 bridgehead atoms. The summed E-state index contributed by atoms with van der Waals surface area (Å²) in [6.07, 6.45) is 4.68. The average Bonchev–Trinajstić information content (AvgIpc) is 2.81. The fourth-order valence-electron chi connectivity index (χ4n) is 2.51. The lowest BCUT2D eigenvalue weighted by atomic mass is 10.2. The second-order valence-corrected chi connectivity index (χ2v) is 8.63. The molecule has 196 valence electrons. The molecule has 0 aliphatic rings. The number of carbonyl (C=O) groups excluding carboxylic acids is 2. The molecule has 0 radical (unpaired) electrons. The van der Waals surface area contributed by atoms with Crippen LogP contribution in [0, 0.1) is 0 Å². The lowest BCUT2D eigenvalue weighted by molar-refractivity contribution is 0.0228. The standard InChI is InChI=1S/C22H32BrN5O5.C2H6/c1-6-15(26-20(30)18-19(24)25-14-17(23)27-18)16(7-2)32-13-9-11-28(10-8-12-29)21(31)33-22(3,4)5;1-2/h6-7,14,29H,1-2,8-13H2,3-5H3,(H2,24,25)(H,26,30);1-2H3/b16-15-;. The number of nitrogens with two attached hydrogens (primary N) is 1. The smallest absolute Gasteiger partial charge is 0.410 e. The van der Waals surface area contributed by atoms with Gasteiger partial charge < -0.3 is 30.5 Å². The molecule has 0 saturated heterocycles.